The van der Waals surface area contributed by atoms with Crippen LogP contribution in [-0.2, 0) is 0 Å². The Morgan fingerprint density at radius 3 is 2.40 bits per heavy atom. The molecule has 0 aliphatic carbocycles. The second-order valence-corrected chi connectivity index (χ2v) is 5.40. The normalized spacial score (nSPS) is 12.3. The average molecular weight is 226 g/mol. The molecule has 0 spiro atoms. The number of benzene rings is 1. The van der Waals surface area contributed by atoms with E-state index in [0.29, 0.717) is 8.73 Å². The number of nitrogens with one attached hydrogen (secondary N) is 1. The lowest BCUT2D eigenvalue weighted by Gasteiger charge is -2.34. The van der Waals surface area contributed by atoms with Crippen LogP contribution in [0.4, 0.5) is 5.69 Å². The molecular weight excluding hydrogens is 207 g/mol. The van der Waals surface area contributed by atoms with Crippen LogP contribution in [-0.4, -0.2) is 5.54 Å². The predicted molar refractivity (Wildman–Crippen MR) is 68.1 cm³/mol. The lowest BCUT2D eigenvalue weighted by atomic mass is 10.1. The summed E-state index contributed by atoms with van der Waals surface area (Å²) in [6.45, 7) is 6.22. The quantitative estimate of drug-likeness (QED) is 0.406. The van der Waals surface area contributed by atoms with E-state index < -0.39 is 0 Å². The lowest BCUT2D eigenvalue weighted by Crippen LogP contribution is -2.48. The highest BCUT2D eigenvalue weighted by atomic mass is 31.1. The van der Waals surface area contributed by atoms with Gasteiger partial charge in [-0.3, -0.25) is 5.84 Å². The predicted octanol–water partition coefficient (Wildman–Crippen LogP) is 0.847. The molecule has 0 aromatic heterocycles. The van der Waals surface area contributed by atoms with Crippen molar-refractivity contribution in [3.63, 3.8) is 0 Å². The second-order valence-electron chi connectivity index (χ2n) is 4.33. The van der Waals surface area contributed by atoms with E-state index in [1.54, 1.807) is 5.01 Å². The van der Waals surface area contributed by atoms with Crippen molar-refractivity contribution in [2.45, 2.75) is 26.3 Å². The molecule has 0 saturated heterocycles. The van der Waals surface area contributed by atoms with Crippen molar-refractivity contribution in [1.82, 2.24) is 5.20 Å². The van der Waals surface area contributed by atoms with E-state index in [1.807, 2.05) is 24.3 Å². The van der Waals surface area contributed by atoms with Crippen LogP contribution in [0.2, 0.25) is 0 Å². The van der Waals surface area contributed by atoms with Gasteiger partial charge in [-0.1, -0.05) is 18.2 Å². The van der Waals surface area contributed by atoms with E-state index in [4.69, 9.17) is 11.7 Å². The first-order valence-electron chi connectivity index (χ1n) is 4.82. The van der Waals surface area contributed by atoms with Crippen LogP contribution in [0.3, 0.4) is 0 Å². The van der Waals surface area contributed by atoms with Gasteiger partial charge in [-0.15, -0.1) is 0 Å². The third kappa shape index (κ3) is 3.14. The van der Waals surface area contributed by atoms with Gasteiger partial charge in [0.15, 0.2) is 0 Å². The van der Waals surface area contributed by atoms with Gasteiger partial charge in [-0.05, 0) is 35.6 Å². The summed E-state index contributed by atoms with van der Waals surface area (Å²) in [5.41, 5.74) is 0.913. The molecule has 0 radical (unpaired) electrons. The molecule has 0 aliphatic rings. The molecule has 0 fully saturated rings. The Balaban J connectivity index is 3.02. The molecule has 0 aliphatic heterocycles. The maximum absolute atomic E-state index is 6.07. The smallest absolute Gasteiger partial charge is 0.0610 e. The van der Waals surface area contributed by atoms with Crippen LogP contribution in [0.1, 0.15) is 20.8 Å². The van der Waals surface area contributed by atoms with Crippen molar-refractivity contribution in [3.05, 3.63) is 24.3 Å². The molecule has 1 unspecified atom stereocenters. The van der Waals surface area contributed by atoms with Crippen molar-refractivity contribution in [1.29, 1.82) is 0 Å². The molecule has 0 amide bonds. The number of para-hydroxylation sites is 1. The molecular formula is C10H19N4P. The average Bonchev–Trinajstić information content (AvgIpc) is 2.17. The Morgan fingerprint density at radius 2 is 1.87 bits per heavy atom. The fraction of sp³-hybridized carbons (Fsp3) is 0.400. The molecule has 1 rings (SSSR count). The number of anilines is 1. The van der Waals surface area contributed by atoms with Gasteiger partial charge in [0.25, 0.3) is 0 Å². The standard InChI is InChI=1S/C10H19N4P/c1-10(2,3)14(12)8-6-4-5-7-9(8)15-13-11/h4-7,13,15H,11-12H2,1-3H3. The molecule has 15 heavy (non-hydrogen) atoms. The van der Waals surface area contributed by atoms with Crippen LogP contribution in [0.5, 0.6) is 0 Å². The zero-order chi connectivity index (χ0) is 11.5. The maximum atomic E-state index is 6.07. The second kappa shape index (κ2) is 4.90. The van der Waals surface area contributed by atoms with Crippen molar-refractivity contribution in [2.24, 2.45) is 11.7 Å². The van der Waals surface area contributed by atoms with Gasteiger partial charge >= 0.3 is 0 Å². The van der Waals surface area contributed by atoms with Gasteiger partial charge in [0.1, 0.15) is 0 Å². The van der Waals surface area contributed by atoms with Crippen LogP contribution < -0.4 is 27.2 Å². The van der Waals surface area contributed by atoms with E-state index in [2.05, 4.69) is 26.0 Å². The van der Waals surface area contributed by atoms with Gasteiger partial charge in [0.2, 0.25) is 0 Å². The molecule has 5 N–H and O–H groups in total. The Labute approximate surface area is 92.8 Å². The van der Waals surface area contributed by atoms with E-state index in [1.165, 1.54) is 0 Å². The van der Waals surface area contributed by atoms with Gasteiger partial charge in [-0.2, -0.15) is 0 Å². The summed E-state index contributed by atoms with van der Waals surface area (Å²) in [7, 11) is 0.364. The summed E-state index contributed by atoms with van der Waals surface area (Å²) >= 11 is 0. The fourth-order valence-corrected chi connectivity index (χ4v) is 1.90. The van der Waals surface area contributed by atoms with Crippen LogP contribution in [0.15, 0.2) is 24.3 Å². The van der Waals surface area contributed by atoms with Gasteiger partial charge in [-0.25, -0.2) is 11.0 Å². The van der Waals surface area contributed by atoms with E-state index in [9.17, 15) is 0 Å². The molecule has 5 heteroatoms. The molecule has 1 atom stereocenters. The number of rotatable bonds is 3. The summed E-state index contributed by atoms with van der Waals surface area (Å²) < 4.78 is 0. The topological polar surface area (TPSA) is 67.3 Å². The molecule has 0 bridgehead atoms. The molecule has 0 saturated carbocycles. The minimum absolute atomic E-state index is 0.102. The minimum atomic E-state index is -0.102. The van der Waals surface area contributed by atoms with E-state index in [-0.39, 0.29) is 5.54 Å². The first kappa shape index (κ1) is 12.4. The SMILES string of the molecule is CC(C)(C)N(N)c1ccccc1PNN. The highest BCUT2D eigenvalue weighted by Crippen LogP contribution is 2.21. The number of nitrogens with zero attached hydrogens (tertiary/aromatic N) is 1. The van der Waals surface area contributed by atoms with Crippen molar-refractivity contribution >= 4 is 19.7 Å². The van der Waals surface area contributed by atoms with Crippen molar-refractivity contribution in [3.8, 4) is 0 Å². The molecule has 84 valence electrons. The monoisotopic (exact) mass is 226 g/mol. The van der Waals surface area contributed by atoms with Crippen molar-refractivity contribution in [2.75, 3.05) is 5.01 Å². The third-order valence-electron chi connectivity index (χ3n) is 2.09. The first-order chi connectivity index (χ1) is 6.96. The number of hydrazine groups is 2. The summed E-state index contributed by atoms with van der Waals surface area (Å²) in [5.74, 6) is 11.4. The van der Waals surface area contributed by atoms with Gasteiger partial charge in [0.05, 0.1) is 5.69 Å². The third-order valence-corrected chi connectivity index (χ3v) is 2.93. The number of hydrogen-bond acceptors (Lipinski definition) is 4. The largest absolute Gasteiger partial charge is 0.305 e. The molecule has 1 aromatic rings. The zero-order valence-electron chi connectivity index (χ0n) is 9.41. The summed E-state index contributed by atoms with van der Waals surface area (Å²) in [6.07, 6.45) is 0. The van der Waals surface area contributed by atoms with Gasteiger partial charge in [0, 0.05) is 10.8 Å². The highest BCUT2D eigenvalue weighted by Gasteiger charge is 2.20. The molecule has 0 heterocycles. The van der Waals surface area contributed by atoms with E-state index >= 15 is 0 Å². The first-order valence-corrected chi connectivity index (χ1v) is 5.82. The van der Waals surface area contributed by atoms with Crippen LogP contribution >= 0.6 is 8.73 Å². The zero-order valence-corrected chi connectivity index (χ0v) is 10.4. The number of nitrogens with two attached hydrogens (primary N) is 2. The van der Waals surface area contributed by atoms with Crippen LogP contribution in [0, 0.1) is 0 Å². The lowest BCUT2D eigenvalue weighted by molar-refractivity contribution is 0.515. The summed E-state index contributed by atoms with van der Waals surface area (Å²) in [5, 5.41) is 5.57. The van der Waals surface area contributed by atoms with Crippen molar-refractivity contribution < 1.29 is 0 Å². The Morgan fingerprint density at radius 1 is 1.27 bits per heavy atom. The van der Waals surface area contributed by atoms with E-state index in [0.717, 1.165) is 11.0 Å². The Hall–Kier alpha value is -0.670. The molecule has 4 nitrogen and oxygen atoms in total. The highest BCUT2D eigenvalue weighted by molar-refractivity contribution is 7.45. The fourth-order valence-electron chi connectivity index (χ4n) is 1.23. The summed E-state index contributed by atoms with van der Waals surface area (Å²) in [4.78, 5) is 0. The Bertz CT molecular complexity index is 321. The Kier molecular flexibility index (Phi) is 4.05. The van der Waals surface area contributed by atoms with Crippen LogP contribution in [0.25, 0.3) is 0 Å². The summed E-state index contributed by atoms with van der Waals surface area (Å²) in [6, 6.07) is 8.00. The van der Waals surface area contributed by atoms with Gasteiger partial charge < -0.3 is 5.01 Å². The number of hydrogen-bond donors (Lipinski definition) is 3. The molecule has 1 aromatic carbocycles. The maximum Gasteiger partial charge on any atom is 0.0610 e. The minimum Gasteiger partial charge on any atom is -0.305 e.